The molecule has 1 aliphatic carbocycles. The quantitative estimate of drug-likeness (QED) is 0.791. The Labute approximate surface area is 165 Å². The van der Waals surface area contributed by atoms with Crippen LogP contribution in [0.25, 0.3) is 0 Å². The van der Waals surface area contributed by atoms with Crippen molar-refractivity contribution in [2.24, 2.45) is 0 Å². The van der Waals surface area contributed by atoms with E-state index in [9.17, 15) is 9.59 Å². The lowest BCUT2D eigenvalue weighted by molar-refractivity contribution is 0.0926. The highest BCUT2D eigenvalue weighted by Gasteiger charge is 2.17. The van der Waals surface area contributed by atoms with Crippen molar-refractivity contribution >= 4 is 17.5 Å². The number of ether oxygens (including phenoxy) is 2. The standard InChI is InChI=1S/C22H26N2O4/c1-27-18-12-13-19(20(14-18)28-2)24-22(26)16-10-8-15(9-11-16)21(25)23-17-6-4-3-5-7-17/h8-14,17H,3-7H2,1-2H3,(H,23,25)(H,24,26). The number of anilines is 1. The molecule has 0 radical (unpaired) electrons. The topological polar surface area (TPSA) is 76.7 Å². The minimum Gasteiger partial charge on any atom is -0.497 e. The molecule has 1 aliphatic rings. The fraction of sp³-hybridized carbons (Fsp3) is 0.364. The average molecular weight is 382 g/mol. The molecule has 2 amide bonds. The van der Waals surface area contributed by atoms with Gasteiger partial charge >= 0.3 is 0 Å². The van der Waals surface area contributed by atoms with Crippen LogP contribution in [0.2, 0.25) is 0 Å². The minimum atomic E-state index is -0.275. The number of hydrogen-bond acceptors (Lipinski definition) is 4. The van der Waals surface area contributed by atoms with Crippen molar-refractivity contribution in [3.63, 3.8) is 0 Å². The number of carbonyl (C=O) groups excluding carboxylic acids is 2. The monoisotopic (exact) mass is 382 g/mol. The van der Waals surface area contributed by atoms with Gasteiger partial charge in [-0.1, -0.05) is 19.3 Å². The summed E-state index contributed by atoms with van der Waals surface area (Å²) in [6, 6.07) is 12.1. The summed E-state index contributed by atoms with van der Waals surface area (Å²) >= 11 is 0. The lowest BCUT2D eigenvalue weighted by Gasteiger charge is -2.22. The molecular formula is C22H26N2O4. The summed E-state index contributed by atoms with van der Waals surface area (Å²) in [5, 5.41) is 5.91. The predicted octanol–water partition coefficient (Wildman–Crippen LogP) is 4.02. The highest BCUT2D eigenvalue weighted by Crippen LogP contribution is 2.29. The third kappa shape index (κ3) is 4.82. The summed E-state index contributed by atoms with van der Waals surface area (Å²) in [4.78, 5) is 24.9. The van der Waals surface area contributed by atoms with Crippen molar-refractivity contribution in [1.29, 1.82) is 0 Å². The number of benzene rings is 2. The van der Waals surface area contributed by atoms with E-state index in [-0.39, 0.29) is 17.9 Å². The third-order valence-electron chi connectivity index (χ3n) is 5.01. The van der Waals surface area contributed by atoms with Crippen molar-refractivity contribution in [2.75, 3.05) is 19.5 Å². The van der Waals surface area contributed by atoms with Gasteiger partial charge in [0, 0.05) is 23.2 Å². The van der Waals surface area contributed by atoms with Gasteiger partial charge in [0.15, 0.2) is 0 Å². The first-order valence-corrected chi connectivity index (χ1v) is 9.55. The van der Waals surface area contributed by atoms with E-state index >= 15 is 0 Å². The largest absolute Gasteiger partial charge is 0.497 e. The van der Waals surface area contributed by atoms with Gasteiger partial charge in [0.2, 0.25) is 0 Å². The van der Waals surface area contributed by atoms with Crippen LogP contribution in [0.5, 0.6) is 11.5 Å². The molecule has 0 bridgehead atoms. The third-order valence-corrected chi connectivity index (χ3v) is 5.01. The van der Waals surface area contributed by atoms with Crippen molar-refractivity contribution in [3.05, 3.63) is 53.6 Å². The van der Waals surface area contributed by atoms with Crippen LogP contribution in [-0.2, 0) is 0 Å². The normalized spacial score (nSPS) is 14.2. The van der Waals surface area contributed by atoms with Gasteiger partial charge in [-0.3, -0.25) is 9.59 Å². The maximum atomic E-state index is 12.5. The van der Waals surface area contributed by atoms with Crippen LogP contribution in [0.4, 0.5) is 5.69 Å². The second-order valence-corrected chi connectivity index (χ2v) is 6.91. The molecule has 1 saturated carbocycles. The summed E-state index contributed by atoms with van der Waals surface area (Å²) in [6.07, 6.45) is 5.65. The van der Waals surface area contributed by atoms with Crippen molar-refractivity contribution in [3.8, 4) is 11.5 Å². The van der Waals surface area contributed by atoms with E-state index < -0.39 is 0 Å². The zero-order valence-electron chi connectivity index (χ0n) is 16.3. The Hall–Kier alpha value is -3.02. The highest BCUT2D eigenvalue weighted by atomic mass is 16.5. The molecule has 148 valence electrons. The molecule has 1 fully saturated rings. The molecule has 0 spiro atoms. The van der Waals surface area contributed by atoms with E-state index in [0.29, 0.717) is 28.3 Å². The van der Waals surface area contributed by atoms with Crippen LogP contribution in [-0.4, -0.2) is 32.1 Å². The number of rotatable bonds is 6. The summed E-state index contributed by atoms with van der Waals surface area (Å²) in [7, 11) is 3.10. The summed E-state index contributed by atoms with van der Waals surface area (Å²) in [5.74, 6) is 0.790. The van der Waals surface area contributed by atoms with Crippen molar-refractivity contribution < 1.29 is 19.1 Å². The minimum absolute atomic E-state index is 0.0873. The number of nitrogens with one attached hydrogen (secondary N) is 2. The van der Waals surface area contributed by atoms with Crippen LogP contribution in [0, 0.1) is 0 Å². The van der Waals surface area contributed by atoms with E-state index in [1.165, 1.54) is 26.4 Å². The second kappa shape index (κ2) is 9.26. The smallest absolute Gasteiger partial charge is 0.255 e. The van der Waals surface area contributed by atoms with E-state index in [1.54, 1.807) is 49.6 Å². The Bertz CT molecular complexity index is 827. The molecule has 0 heterocycles. The molecule has 0 saturated heterocycles. The van der Waals surface area contributed by atoms with Crippen molar-refractivity contribution in [1.82, 2.24) is 5.32 Å². The fourth-order valence-electron chi connectivity index (χ4n) is 3.38. The Kier molecular flexibility index (Phi) is 6.53. The number of hydrogen-bond donors (Lipinski definition) is 2. The van der Waals surface area contributed by atoms with Gasteiger partial charge in [-0.05, 0) is 49.2 Å². The Morgan fingerprint density at radius 3 is 2.11 bits per heavy atom. The van der Waals surface area contributed by atoms with Crippen LogP contribution >= 0.6 is 0 Å². The molecule has 2 N–H and O–H groups in total. The molecule has 0 aromatic heterocycles. The van der Waals surface area contributed by atoms with Gasteiger partial charge in [0.25, 0.3) is 11.8 Å². The molecule has 28 heavy (non-hydrogen) atoms. The lowest BCUT2D eigenvalue weighted by atomic mass is 9.95. The van der Waals surface area contributed by atoms with Gasteiger partial charge < -0.3 is 20.1 Å². The Balaban J connectivity index is 1.64. The molecule has 2 aromatic carbocycles. The Morgan fingerprint density at radius 2 is 1.50 bits per heavy atom. The average Bonchev–Trinajstić information content (AvgIpc) is 2.74. The van der Waals surface area contributed by atoms with Crippen LogP contribution in [0.3, 0.4) is 0 Å². The molecule has 3 rings (SSSR count). The van der Waals surface area contributed by atoms with E-state index in [0.717, 1.165) is 12.8 Å². The van der Waals surface area contributed by atoms with Gasteiger partial charge in [0.1, 0.15) is 11.5 Å². The first kappa shape index (κ1) is 19.7. The summed E-state index contributed by atoms with van der Waals surface area (Å²) in [6.45, 7) is 0. The summed E-state index contributed by atoms with van der Waals surface area (Å²) in [5.41, 5.74) is 1.57. The summed E-state index contributed by atoms with van der Waals surface area (Å²) < 4.78 is 10.5. The van der Waals surface area contributed by atoms with Crippen LogP contribution in [0.15, 0.2) is 42.5 Å². The first-order chi connectivity index (χ1) is 13.6. The molecule has 6 nitrogen and oxygen atoms in total. The number of methoxy groups -OCH3 is 2. The number of amides is 2. The molecular weight excluding hydrogens is 356 g/mol. The molecule has 6 heteroatoms. The Morgan fingerprint density at radius 1 is 0.857 bits per heavy atom. The van der Waals surface area contributed by atoms with Gasteiger partial charge in [-0.2, -0.15) is 0 Å². The van der Waals surface area contributed by atoms with Gasteiger partial charge in [-0.25, -0.2) is 0 Å². The maximum Gasteiger partial charge on any atom is 0.255 e. The number of carbonyl (C=O) groups is 2. The van der Waals surface area contributed by atoms with Crippen molar-refractivity contribution in [2.45, 2.75) is 38.1 Å². The predicted molar refractivity (Wildman–Crippen MR) is 108 cm³/mol. The van der Waals surface area contributed by atoms with E-state index in [1.807, 2.05) is 0 Å². The highest BCUT2D eigenvalue weighted by molar-refractivity contribution is 6.05. The zero-order chi connectivity index (χ0) is 19.9. The van der Waals surface area contributed by atoms with Gasteiger partial charge in [0.05, 0.1) is 19.9 Å². The molecule has 0 atom stereocenters. The molecule has 0 aliphatic heterocycles. The van der Waals surface area contributed by atoms with E-state index in [4.69, 9.17) is 9.47 Å². The zero-order valence-corrected chi connectivity index (χ0v) is 16.3. The lowest BCUT2D eigenvalue weighted by Crippen LogP contribution is -2.36. The van der Waals surface area contributed by atoms with Gasteiger partial charge in [-0.15, -0.1) is 0 Å². The molecule has 2 aromatic rings. The van der Waals surface area contributed by atoms with Crippen LogP contribution < -0.4 is 20.1 Å². The fourth-order valence-corrected chi connectivity index (χ4v) is 3.38. The van der Waals surface area contributed by atoms with E-state index in [2.05, 4.69) is 10.6 Å². The maximum absolute atomic E-state index is 12.5. The second-order valence-electron chi connectivity index (χ2n) is 6.91. The van der Waals surface area contributed by atoms with Crippen LogP contribution in [0.1, 0.15) is 52.8 Å². The molecule has 0 unspecified atom stereocenters. The first-order valence-electron chi connectivity index (χ1n) is 9.55. The SMILES string of the molecule is COc1ccc(NC(=O)c2ccc(C(=O)NC3CCCCC3)cc2)c(OC)c1.